The second kappa shape index (κ2) is 9.37. The molecule has 0 aliphatic carbocycles. The summed E-state index contributed by atoms with van der Waals surface area (Å²) in [4.78, 5) is 11.5. The Bertz CT molecular complexity index is 404. The first-order chi connectivity index (χ1) is 9.59. The summed E-state index contributed by atoms with van der Waals surface area (Å²) in [5.74, 6) is 0.925. The maximum Gasteiger partial charge on any atom is 0.220 e. The average molecular weight is 279 g/mol. The molecule has 1 unspecified atom stereocenters. The number of benzene rings is 1. The zero-order valence-electron chi connectivity index (χ0n) is 12.4. The molecule has 1 amide bonds. The first-order valence-corrected chi connectivity index (χ1v) is 7.23. The molecule has 2 N–H and O–H groups in total. The lowest BCUT2D eigenvalue weighted by Gasteiger charge is -2.09. The molecular formula is C16H25NO3. The molecule has 1 aromatic carbocycles. The molecule has 0 spiro atoms. The lowest BCUT2D eigenvalue weighted by Crippen LogP contribution is -2.25. The van der Waals surface area contributed by atoms with Crippen LogP contribution in [0.2, 0.25) is 0 Å². The fourth-order valence-electron chi connectivity index (χ4n) is 1.85. The zero-order valence-corrected chi connectivity index (χ0v) is 12.4. The van der Waals surface area contributed by atoms with Gasteiger partial charge in [0, 0.05) is 13.0 Å². The van der Waals surface area contributed by atoms with E-state index in [0.29, 0.717) is 26.0 Å². The van der Waals surface area contributed by atoms with Crippen LogP contribution < -0.4 is 10.1 Å². The van der Waals surface area contributed by atoms with E-state index in [1.165, 1.54) is 0 Å². The van der Waals surface area contributed by atoms with E-state index in [0.717, 1.165) is 24.2 Å². The minimum atomic E-state index is -0.297. The van der Waals surface area contributed by atoms with Crippen molar-refractivity contribution < 1.29 is 14.6 Å². The standard InChI is InChI=1S/C16H25NO3/c1-13-7-3-4-9-15(13)20-12-6-10-16(19)17-11-5-8-14(2)18/h3-4,7,9,14,18H,5-6,8,10-12H2,1-2H3,(H,17,19). The van der Waals surface area contributed by atoms with Crippen LogP contribution in [-0.2, 0) is 4.79 Å². The van der Waals surface area contributed by atoms with Crippen molar-refractivity contribution in [3.05, 3.63) is 29.8 Å². The molecule has 4 heteroatoms. The molecule has 0 aliphatic heterocycles. The van der Waals surface area contributed by atoms with Crippen LogP contribution in [0.25, 0.3) is 0 Å². The van der Waals surface area contributed by atoms with E-state index in [-0.39, 0.29) is 12.0 Å². The van der Waals surface area contributed by atoms with Crippen molar-refractivity contribution in [2.45, 2.75) is 45.6 Å². The summed E-state index contributed by atoms with van der Waals surface area (Å²) in [7, 11) is 0. The number of carbonyl (C=O) groups excluding carboxylic acids is 1. The van der Waals surface area contributed by atoms with Gasteiger partial charge in [-0.15, -0.1) is 0 Å². The molecule has 112 valence electrons. The smallest absolute Gasteiger partial charge is 0.220 e. The monoisotopic (exact) mass is 279 g/mol. The predicted octanol–water partition coefficient (Wildman–Crippen LogP) is 2.43. The van der Waals surface area contributed by atoms with Gasteiger partial charge in [0.15, 0.2) is 0 Å². The Kier molecular flexibility index (Phi) is 7.73. The number of ether oxygens (including phenoxy) is 1. The topological polar surface area (TPSA) is 58.6 Å². The third kappa shape index (κ3) is 7.14. The fourth-order valence-corrected chi connectivity index (χ4v) is 1.85. The molecular weight excluding hydrogens is 254 g/mol. The molecule has 4 nitrogen and oxygen atoms in total. The van der Waals surface area contributed by atoms with Crippen LogP contribution >= 0.6 is 0 Å². The van der Waals surface area contributed by atoms with Gasteiger partial charge in [0.25, 0.3) is 0 Å². The number of aliphatic hydroxyl groups is 1. The number of amides is 1. The van der Waals surface area contributed by atoms with Gasteiger partial charge in [-0.2, -0.15) is 0 Å². The van der Waals surface area contributed by atoms with Crippen molar-refractivity contribution in [1.82, 2.24) is 5.32 Å². The predicted molar refractivity (Wildman–Crippen MR) is 79.8 cm³/mol. The quantitative estimate of drug-likeness (QED) is 0.683. The van der Waals surface area contributed by atoms with E-state index in [1.807, 2.05) is 31.2 Å². The third-order valence-electron chi connectivity index (χ3n) is 3.02. The van der Waals surface area contributed by atoms with Gasteiger partial charge in [-0.05, 0) is 44.7 Å². The van der Waals surface area contributed by atoms with Gasteiger partial charge in [-0.3, -0.25) is 4.79 Å². The third-order valence-corrected chi connectivity index (χ3v) is 3.02. The summed E-state index contributed by atoms with van der Waals surface area (Å²) in [6, 6.07) is 7.86. The number of carbonyl (C=O) groups is 1. The molecule has 0 radical (unpaired) electrons. The highest BCUT2D eigenvalue weighted by molar-refractivity contribution is 5.75. The Labute approximate surface area is 121 Å². The molecule has 0 fully saturated rings. The van der Waals surface area contributed by atoms with Crippen molar-refractivity contribution in [1.29, 1.82) is 0 Å². The minimum Gasteiger partial charge on any atom is -0.493 e. The van der Waals surface area contributed by atoms with Crippen molar-refractivity contribution in [3.8, 4) is 5.75 Å². The van der Waals surface area contributed by atoms with Gasteiger partial charge in [-0.25, -0.2) is 0 Å². The van der Waals surface area contributed by atoms with Gasteiger partial charge >= 0.3 is 0 Å². The van der Waals surface area contributed by atoms with Crippen molar-refractivity contribution in [2.24, 2.45) is 0 Å². The second-order valence-electron chi connectivity index (χ2n) is 5.06. The van der Waals surface area contributed by atoms with Crippen LogP contribution in [0.5, 0.6) is 5.75 Å². The lowest BCUT2D eigenvalue weighted by atomic mass is 10.2. The van der Waals surface area contributed by atoms with Gasteiger partial charge in [-0.1, -0.05) is 18.2 Å². The Morgan fingerprint density at radius 3 is 2.80 bits per heavy atom. The fraction of sp³-hybridized carbons (Fsp3) is 0.562. The normalized spacial score (nSPS) is 11.9. The number of aryl methyl sites for hydroxylation is 1. The van der Waals surface area contributed by atoms with E-state index in [2.05, 4.69) is 5.32 Å². The molecule has 0 saturated carbocycles. The Morgan fingerprint density at radius 2 is 2.10 bits per heavy atom. The molecule has 0 heterocycles. The molecule has 0 aliphatic rings. The zero-order chi connectivity index (χ0) is 14.8. The van der Waals surface area contributed by atoms with Crippen LogP contribution in [0, 0.1) is 6.92 Å². The van der Waals surface area contributed by atoms with Crippen LogP contribution in [0.15, 0.2) is 24.3 Å². The highest BCUT2D eigenvalue weighted by atomic mass is 16.5. The summed E-state index contributed by atoms with van der Waals surface area (Å²) in [6.45, 7) is 4.93. The minimum absolute atomic E-state index is 0.0453. The van der Waals surface area contributed by atoms with E-state index >= 15 is 0 Å². The van der Waals surface area contributed by atoms with E-state index in [4.69, 9.17) is 9.84 Å². The molecule has 1 aromatic rings. The number of rotatable bonds is 9. The van der Waals surface area contributed by atoms with E-state index in [9.17, 15) is 4.79 Å². The molecule has 20 heavy (non-hydrogen) atoms. The van der Waals surface area contributed by atoms with Gasteiger partial charge in [0.05, 0.1) is 12.7 Å². The lowest BCUT2D eigenvalue weighted by molar-refractivity contribution is -0.121. The summed E-state index contributed by atoms with van der Waals surface area (Å²) in [5, 5.41) is 11.9. The Hall–Kier alpha value is -1.55. The highest BCUT2D eigenvalue weighted by Gasteiger charge is 2.02. The van der Waals surface area contributed by atoms with Gasteiger partial charge < -0.3 is 15.2 Å². The first kappa shape index (κ1) is 16.5. The molecule has 0 aromatic heterocycles. The van der Waals surface area contributed by atoms with Gasteiger partial charge in [0.2, 0.25) is 5.91 Å². The van der Waals surface area contributed by atoms with Crippen LogP contribution in [0.3, 0.4) is 0 Å². The first-order valence-electron chi connectivity index (χ1n) is 7.23. The number of hydrogen-bond donors (Lipinski definition) is 2. The number of nitrogens with one attached hydrogen (secondary N) is 1. The number of hydrogen-bond acceptors (Lipinski definition) is 3. The SMILES string of the molecule is Cc1ccccc1OCCCC(=O)NCCCC(C)O. The molecule has 1 atom stereocenters. The van der Waals surface area contributed by atoms with E-state index < -0.39 is 0 Å². The van der Waals surface area contributed by atoms with Crippen LogP contribution in [-0.4, -0.2) is 30.3 Å². The number of para-hydroxylation sites is 1. The maximum atomic E-state index is 11.5. The Balaban J connectivity index is 2.06. The molecule has 1 rings (SSSR count). The number of aliphatic hydroxyl groups excluding tert-OH is 1. The summed E-state index contributed by atoms with van der Waals surface area (Å²) in [5.41, 5.74) is 1.11. The largest absolute Gasteiger partial charge is 0.493 e. The molecule has 0 bridgehead atoms. The summed E-state index contributed by atoms with van der Waals surface area (Å²) in [6.07, 6.45) is 2.41. The van der Waals surface area contributed by atoms with Crippen molar-refractivity contribution in [2.75, 3.05) is 13.2 Å². The summed E-state index contributed by atoms with van der Waals surface area (Å²) >= 11 is 0. The molecule has 0 saturated heterocycles. The van der Waals surface area contributed by atoms with Crippen molar-refractivity contribution in [3.63, 3.8) is 0 Å². The van der Waals surface area contributed by atoms with Gasteiger partial charge in [0.1, 0.15) is 5.75 Å². The maximum absolute atomic E-state index is 11.5. The second-order valence-corrected chi connectivity index (χ2v) is 5.06. The van der Waals surface area contributed by atoms with Crippen LogP contribution in [0.1, 0.15) is 38.2 Å². The van der Waals surface area contributed by atoms with Crippen molar-refractivity contribution >= 4 is 5.91 Å². The summed E-state index contributed by atoms with van der Waals surface area (Å²) < 4.78 is 5.63. The average Bonchev–Trinajstić information content (AvgIpc) is 2.41. The Morgan fingerprint density at radius 1 is 1.35 bits per heavy atom. The highest BCUT2D eigenvalue weighted by Crippen LogP contribution is 2.16. The van der Waals surface area contributed by atoms with Crippen LogP contribution in [0.4, 0.5) is 0 Å². The van der Waals surface area contributed by atoms with E-state index in [1.54, 1.807) is 6.92 Å².